The predicted octanol–water partition coefficient (Wildman–Crippen LogP) is -14.7. The standard InChI is InChI=1S/3C6H5NO2.3ClH.4Cr.3H2O4S/c3*8-6(9)5-3-1-2-4-7-5;;;;;;;;3*1-5(2,3)4/h3*1-4H,(H,8,9);3*1H;;;;;3*(H2,1,2,3,4)/q;;;;;;4*+3;;;/p-12. The molecule has 0 aliphatic rings. The molecule has 0 bridgehead atoms. The molecular formula is C18H12Cl3Cr4N3O18S3. The van der Waals surface area contributed by atoms with Crippen LogP contribution in [0.5, 0.6) is 0 Å². The van der Waals surface area contributed by atoms with Crippen molar-refractivity contribution in [1.82, 2.24) is 15.0 Å². The second kappa shape index (κ2) is 39.3. The average Bonchev–Trinajstić information content (AvgIpc) is 2.83. The number of pyridine rings is 3. The summed E-state index contributed by atoms with van der Waals surface area (Å²) in [4.78, 5) is 40.6. The van der Waals surface area contributed by atoms with Crippen LogP contribution in [0.3, 0.4) is 0 Å². The fraction of sp³-hybridized carbons (Fsp3) is 0. The van der Waals surface area contributed by atoms with Crippen molar-refractivity contribution in [3.05, 3.63) is 90.3 Å². The Labute approximate surface area is 340 Å². The third-order valence-corrected chi connectivity index (χ3v) is 2.62. The molecule has 3 aromatic heterocycles. The normalized spacial score (nSPS) is 8.45. The molecule has 0 amide bonds. The van der Waals surface area contributed by atoms with Gasteiger partial charge in [0.05, 0.1) is 35.0 Å². The Morgan fingerprint density at radius 3 is 0.612 bits per heavy atom. The van der Waals surface area contributed by atoms with Gasteiger partial charge in [0.25, 0.3) is 0 Å². The first-order valence-electron chi connectivity index (χ1n) is 9.29. The molecule has 0 N–H and O–H groups in total. The zero-order chi connectivity index (χ0) is 33.6. The number of nitrogens with zero attached hydrogens (tertiary/aromatic N) is 3. The van der Waals surface area contributed by atoms with Gasteiger partial charge in [0.15, 0.2) is 0 Å². The number of carboxylic acids is 3. The summed E-state index contributed by atoms with van der Waals surface area (Å²) in [5.41, 5.74) is -0.0903. The number of hydrogen-bond donors (Lipinski definition) is 0. The van der Waals surface area contributed by atoms with Crippen LogP contribution >= 0.6 is 0 Å². The van der Waals surface area contributed by atoms with Gasteiger partial charge in [-0.2, -0.15) is 0 Å². The van der Waals surface area contributed by atoms with Crippen molar-refractivity contribution in [3.63, 3.8) is 0 Å². The van der Waals surface area contributed by atoms with Gasteiger partial charge < -0.3 is 94.2 Å². The third kappa shape index (κ3) is 77.3. The smallest absolute Gasteiger partial charge is 1.00 e. The molecule has 0 aliphatic heterocycles. The Bertz CT molecular complexity index is 1360. The van der Waals surface area contributed by atoms with Crippen LogP contribution in [0.2, 0.25) is 0 Å². The summed E-state index contributed by atoms with van der Waals surface area (Å²) in [5, 5.41) is 30.1. The first kappa shape index (κ1) is 73.0. The maximum atomic E-state index is 10.0. The van der Waals surface area contributed by atoms with Gasteiger partial charge in [-0.15, -0.1) is 0 Å². The van der Waals surface area contributed by atoms with Gasteiger partial charge in [-0.3, -0.25) is 40.2 Å². The van der Waals surface area contributed by atoms with Gasteiger partial charge in [0.1, 0.15) is 0 Å². The number of hydrogen-bond acceptors (Lipinski definition) is 21. The Morgan fingerprint density at radius 1 is 0.408 bits per heavy atom. The molecule has 4 radical (unpaired) electrons. The fourth-order valence-corrected chi connectivity index (χ4v) is 1.45. The van der Waals surface area contributed by atoms with E-state index < -0.39 is 49.1 Å². The molecule has 0 fully saturated rings. The third-order valence-electron chi connectivity index (χ3n) is 2.62. The molecule has 49 heavy (non-hydrogen) atoms. The van der Waals surface area contributed by atoms with Crippen LogP contribution < -0.4 is 52.5 Å². The number of aromatic carboxylic acids is 3. The van der Waals surface area contributed by atoms with Crippen molar-refractivity contribution >= 4 is 49.1 Å². The quantitative estimate of drug-likeness (QED) is 0.174. The molecule has 0 saturated carbocycles. The van der Waals surface area contributed by atoms with Crippen molar-refractivity contribution in [2.24, 2.45) is 0 Å². The van der Waals surface area contributed by atoms with E-state index in [1.807, 2.05) is 0 Å². The van der Waals surface area contributed by atoms with E-state index in [2.05, 4.69) is 15.0 Å². The monoisotopic (exact) mass is 967 g/mol. The first-order chi connectivity index (χ1) is 18.9. The molecule has 0 atom stereocenters. The molecule has 0 spiro atoms. The van der Waals surface area contributed by atoms with Crippen molar-refractivity contribution in [1.29, 1.82) is 0 Å². The minimum Gasteiger partial charge on any atom is -1.00 e. The van der Waals surface area contributed by atoms with Gasteiger partial charge in [-0.05, 0) is 36.4 Å². The SMILES string of the molecule is O=C([O-])c1ccccn1.O=C([O-])c1ccccn1.O=C([O-])c1ccccn1.O=S(=O)([O-])[O-].O=S(=O)([O-])[O-].O=S(=O)([O-])[O-].[Cl-].[Cl-].[Cl-].[Cr+3].[Cr+3].[Cr+3].[Cr+3]. The predicted molar refractivity (Wildman–Crippen MR) is 117 cm³/mol. The van der Waals surface area contributed by atoms with E-state index in [9.17, 15) is 29.7 Å². The molecule has 0 aromatic carbocycles. The number of carbonyl (C=O) groups excluding carboxylic acids is 3. The molecule has 0 aliphatic carbocycles. The summed E-state index contributed by atoms with van der Waals surface area (Å²) < 4.78 is 102. The second-order valence-electron chi connectivity index (χ2n) is 5.73. The summed E-state index contributed by atoms with van der Waals surface area (Å²) in [5.74, 6) is -3.72. The molecule has 21 nitrogen and oxygen atoms in total. The Kier molecular flexibility index (Phi) is 58.5. The Hall–Kier alpha value is -1.53. The number of carbonyl (C=O) groups is 3. The zero-order valence-corrected chi connectivity index (χ0v) is 32.4. The number of aromatic nitrogens is 3. The van der Waals surface area contributed by atoms with Crippen LogP contribution in [0.1, 0.15) is 31.5 Å². The summed E-state index contributed by atoms with van der Waals surface area (Å²) in [6, 6.07) is 13.9. The second-order valence-corrected chi connectivity index (χ2v) is 8.18. The van der Waals surface area contributed by atoms with E-state index in [0.717, 1.165) is 0 Å². The average molecular weight is 969 g/mol. The van der Waals surface area contributed by atoms with E-state index in [1.54, 1.807) is 36.4 Å². The molecule has 0 unspecified atom stereocenters. The van der Waals surface area contributed by atoms with Crippen molar-refractivity contribution in [2.75, 3.05) is 0 Å². The molecule has 3 aromatic rings. The number of carboxylic acid groups (broad SMARTS) is 3. The van der Waals surface area contributed by atoms with Crippen molar-refractivity contribution in [3.8, 4) is 0 Å². The summed E-state index contributed by atoms with van der Waals surface area (Å²) in [6.07, 6.45) is 4.22. The van der Waals surface area contributed by atoms with Crippen molar-refractivity contribution in [2.45, 2.75) is 0 Å². The van der Waals surface area contributed by atoms with Crippen LogP contribution in [-0.4, -0.2) is 85.4 Å². The van der Waals surface area contributed by atoms with Crippen LogP contribution in [0.25, 0.3) is 0 Å². The number of rotatable bonds is 3. The minimum absolute atomic E-state index is 0. The molecule has 0 saturated heterocycles. The Balaban J connectivity index is -0.0000000462. The molecular weight excluding hydrogens is 957 g/mol. The van der Waals surface area contributed by atoms with Crippen LogP contribution in [0, 0.1) is 0 Å². The van der Waals surface area contributed by atoms with E-state index in [0.29, 0.717) is 0 Å². The fourth-order valence-electron chi connectivity index (χ4n) is 1.45. The van der Waals surface area contributed by atoms with Gasteiger partial charge in [0.2, 0.25) is 0 Å². The van der Waals surface area contributed by atoms with E-state index in [1.165, 1.54) is 36.8 Å². The maximum Gasteiger partial charge on any atom is 3.00 e. The van der Waals surface area contributed by atoms with Crippen molar-refractivity contribution < 1.29 is 189 Å². The van der Waals surface area contributed by atoms with Crippen LogP contribution in [0.4, 0.5) is 0 Å². The van der Waals surface area contributed by atoms with Crippen LogP contribution in [-0.2, 0) is 101 Å². The summed E-state index contributed by atoms with van der Waals surface area (Å²) in [6.45, 7) is 0. The largest absolute Gasteiger partial charge is 3.00 e. The van der Waals surface area contributed by atoms with Gasteiger partial charge in [-0.25, -0.2) is 0 Å². The van der Waals surface area contributed by atoms with Gasteiger partial charge in [-0.1, -0.05) is 18.2 Å². The summed E-state index contributed by atoms with van der Waals surface area (Å²) in [7, 11) is -15.5. The zero-order valence-electron chi connectivity index (χ0n) is 22.6. The Morgan fingerprint density at radius 2 is 0.551 bits per heavy atom. The molecule has 270 valence electrons. The maximum absolute atomic E-state index is 10.0. The number of halogens is 3. The van der Waals surface area contributed by atoms with E-state index >= 15 is 0 Å². The topological polar surface area (TPSA) is 400 Å². The first-order valence-corrected chi connectivity index (χ1v) is 13.3. The van der Waals surface area contributed by atoms with Crippen LogP contribution in [0.15, 0.2) is 73.2 Å². The minimum atomic E-state index is -5.17. The summed E-state index contributed by atoms with van der Waals surface area (Å²) >= 11 is 0. The van der Waals surface area contributed by atoms with Gasteiger partial charge in [0, 0.05) is 49.8 Å². The molecule has 3 heterocycles. The molecule has 31 heteroatoms. The van der Waals surface area contributed by atoms with Gasteiger partial charge >= 0.3 is 69.4 Å². The van der Waals surface area contributed by atoms with E-state index in [-0.39, 0.29) is 124 Å². The van der Waals surface area contributed by atoms with E-state index in [4.69, 9.17) is 52.6 Å². The molecule has 3 rings (SSSR count).